The minimum absolute atomic E-state index is 0.100. The zero-order valence-corrected chi connectivity index (χ0v) is 17.9. The van der Waals surface area contributed by atoms with E-state index in [1.54, 1.807) is 17.7 Å². The van der Waals surface area contributed by atoms with Crippen molar-refractivity contribution in [2.45, 2.75) is 19.9 Å². The molecule has 0 bridgehead atoms. The van der Waals surface area contributed by atoms with E-state index in [4.69, 9.17) is 16.3 Å². The largest absolute Gasteiger partial charge is 0.478 e. The number of carbonyl (C=O) groups excluding carboxylic acids is 1. The number of rotatable bonds is 7. The molecule has 0 saturated carbocycles. The van der Waals surface area contributed by atoms with E-state index in [9.17, 15) is 9.59 Å². The lowest BCUT2D eigenvalue weighted by Crippen LogP contribution is -2.29. The lowest BCUT2D eigenvalue weighted by atomic mass is 10.1. The van der Waals surface area contributed by atoms with Crippen molar-refractivity contribution in [1.29, 1.82) is 0 Å². The molecule has 3 rings (SSSR count). The summed E-state index contributed by atoms with van der Waals surface area (Å²) in [7, 11) is 3.22. The minimum Gasteiger partial charge on any atom is -0.478 e. The molecule has 10 heteroatoms. The Morgan fingerprint density at radius 2 is 2.03 bits per heavy atom. The van der Waals surface area contributed by atoms with E-state index < -0.39 is 0 Å². The number of likely N-dealkylation sites (N-methyl/N-ethyl adjacent to an activating group) is 1. The third kappa shape index (κ3) is 4.46. The van der Waals surface area contributed by atoms with Gasteiger partial charge in [0.1, 0.15) is 5.02 Å². The van der Waals surface area contributed by atoms with Crippen LogP contribution in [0.15, 0.2) is 35.3 Å². The van der Waals surface area contributed by atoms with Crippen molar-refractivity contribution in [1.82, 2.24) is 19.9 Å². The predicted molar refractivity (Wildman–Crippen MR) is 118 cm³/mol. The van der Waals surface area contributed by atoms with Gasteiger partial charge < -0.3 is 25.3 Å². The Kier molecular flexibility index (Phi) is 6.41. The molecule has 1 amide bonds. The maximum Gasteiger partial charge on any atom is 0.293 e. The van der Waals surface area contributed by atoms with E-state index in [0.717, 1.165) is 16.6 Å². The number of halogens is 1. The molecule has 158 valence electrons. The fourth-order valence-corrected chi connectivity index (χ4v) is 3.08. The summed E-state index contributed by atoms with van der Waals surface area (Å²) in [4.78, 5) is 32.8. The molecule has 0 saturated heterocycles. The van der Waals surface area contributed by atoms with Crippen LogP contribution in [0.25, 0.3) is 10.9 Å². The highest BCUT2D eigenvalue weighted by Gasteiger charge is 2.15. The van der Waals surface area contributed by atoms with E-state index in [1.165, 1.54) is 13.2 Å². The number of nitrogens with one attached hydrogen (secondary N) is 3. The predicted octanol–water partition coefficient (Wildman–Crippen LogP) is 2.94. The summed E-state index contributed by atoms with van der Waals surface area (Å²) in [6.45, 7) is 3.58. The summed E-state index contributed by atoms with van der Waals surface area (Å²) >= 11 is 6.20. The molecule has 0 unspecified atom stereocenters. The van der Waals surface area contributed by atoms with Crippen LogP contribution in [0.3, 0.4) is 0 Å². The molecule has 1 aromatic carbocycles. The molecule has 0 aliphatic rings. The summed E-state index contributed by atoms with van der Waals surface area (Å²) in [5, 5.41) is 9.63. The number of aromatic nitrogens is 3. The summed E-state index contributed by atoms with van der Waals surface area (Å²) < 4.78 is 7.11. The van der Waals surface area contributed by atoms with E-state index in [1.807, 2.05) is 32.0 Å². The van der Waals surface area contributed by atoms with Crippen molar-refractivity contribution in [2.75, 3.05) is 31.3 Å². The highest BCUT2D eigenvalue weighted by molar-refractivity contribution is 6.32. The van der Waals surface area contributed by atoms with Crippen molar-refractivity contribution < 1.29 is 9.53 Å². The van der Waals surface area contributed by atoms with Crippen LogP contribution >= 0.6 is 11.6 Å². The summed E-state index contributed by atoms with van der Waals surface area (Å²) in [6, 6.07) is 7.07. The molecule has 2 heterocycles. The number of pyridine rings is 1. The second kappa shape index (κ2) is 9.00. The maximum atomic E-state index is 12.9. The van der Waals surface area contributed by atoms with Crippen molar-refractivity contribution in [3.8, 4) is 5.75 Å². The third-order valence-electron chi connectivity index (χ3n) is 4.39. The number of amides is 1. The number of carbonyl (C=O) groups is 1. The zero-order chi connectivity index (χ0) is 21.8. The first-order chi connectivity index (χ1) is 14.3. The van der Waals surface area contributed by atoms with Crippen LogP contribution in [-0.4, -0.2) is 41.1 Å². The number of anilines is 3. The van der Waals surface area contributed by atoms with Gasteiger partial charge in [0, 0.05) is 31.2 Å². The molecule has 0 aliphatic carbocycles. The van der Waals surface area contributed by atoms with Crippen LogP contribution in [0.1, 0.15) is 19.9 Å². The molecular weight excluding hydrogens is 408 g/mol. The summed E-state index contributed by atoms with van der Waals surface area (Å²) in [5.41, 5.74) is 1.17. The van der Waals surface area contributed by atoms with Crippen molar-refractivity contribution >= 4 is 45.9 Å². The Balaban J connectivity index is 2.05. The van der Waals surface area contributed by atoms with Gasteiger partial charge in [-0.15, -0.1) is 0 Å². The number of nitrogens with zero attached hydrogens (tertiary/aromatic N) is 3. The third-order valence-corrected chi connectivity index (χ3v) is 4.66. The molecule has 9 nitrogen and oxygen atoms in total. The van der Waals surface area contributed by atoms with Gasteiger partial charge in [-0.05, 0) is 38.1 Å². The highest BCUT2D eigenvalue weighted by atomic mass is 35.5. The summed E-state index contributed by atoms with van der Waals surface area (Å²) in [6.07, 6.45) is 1.50. The number of hydrogen-bond donors (Lipinski definition) is 3. The SMILES string of the molecule is CNC(=O)COc1cc2cc(Nc3nc(NC)ncc3Cl)ccc2n(C(C)C)c1=O. The molecule has 0 atom stereocenters. The van der Waals surface area contributed by atoms with Crippen LogP contribution in [0.4, 0.5) is 17.5 Å². The number of benzene rings is 1. The molecule has 3 N–H and O–H groups in total. The average molecular weight is 431 g/mol. The fraction of sp³-hybridized carbons (Fsp3) is 0.300. The highest BCUT2D eigenvalue weighted by Crippen LogP contribution is 2.28. The molecule has 3 aromatic rings. The van der Waals surface area contributed by atoms with Gasteiger partial charge in [-0.3, -0.25) is 9.59 Å². The quantitative estimate of drug-likeness (QED) is 0.528. The van der Waals surface area contributed by atoms with E-state index >= 15 is 0 Å². The Labute approximate surface area is 178 Å². The Bertz CT molecular complexity index is 1150. The number of ether oxygens (including phenoxy) is 1. The lowest BCUT2D eigenvalue weighted by Gasteiger charge is -2.17. The molecule has 0 spiro atoms. The Morgan fingerprint density at radius 1 is 1.27 bits per heavy atom. The van der Waals surface area contributed by atoms with Gasteiger partial charge in [0.05, 0.1) is 11.7 Å². The van der Waals surface area contributed by atoms with Crippen molar-refractivity contribution in [3.05, 3.63) is 45.8 Å². The van der Waals surface area contributed by atoms with E-state index in [2.05, 4.69) is 25.9 Å². The normalized spacial score (nSPS) is 10.9. The number of hydrogen-bond acceptors (Lipinski definition) is 7. The number of fused-ring (bicyclic) bond motifs is 1. The smallest absolute Gasteiger partial charge is 0.293 e. The fourth-order valence-electron chi connectivity index (χ4n) is 2.94. The van der Waals surface area contributed by atoms with E-state index in [0.29, 0.717) is 16.8 Å². The Hall–Kier alpha value is -3.33. The van der Waals surface area contributed by atoms with Gasteiger partial charge >= 0.3 is 0 Å². The first kappa shape index (κ1) is 21.4. The monoisotopic (exact) mass is 430 g/mol. The summed E-state index contributed by atoms with van der Waals surface area (Å²) in [5.74, 6) is 0.666. The molecule has 0 radical (unpaired) electrons. The van der Waals surface area contributed by atoms with Crippen molar-refractivity contribution in [2.24, 2.45) is 0 Å². The average Bonchev–Trinajstić information content (AvgIpc) is 2.73. The van der Waals surface area contributed by atoms with Crippen LogP contribution in [0.5, 0.6) is 5.75 Å². The zero-order valence-electron chi connectivity index (χ0n) is 17.1. The van der Waals surface area contributed by atoms with E-state index in [-0.39, 0.29) is 29.9 Å². The van der Waals surface area contributed by atoms with Crippen molar-refractivity contribution in [3.63, 3.8) is 0 Å². The van der Waals surface area contributed by atoms with Gasteiger partial charge in [-0.2, -0.15) is 4.98 Å². The minimum atomic E-state index is -0.320. The molecular formula is C20H23ClN6O3. The first-order valence-corrected chi connectivity index (χ1v) is 9.71. The molecule has 30 heavy (non-hydrogen) atoms. The first-order valence-electron chi connectivity index (χ1n) is 9.34. The molecule has 0 aliphatic heterocycles. The van der Waals surface area contributed by atoms with Crippen LogP contribution in [0.2, 0.25) is 5.02 Å². The van der Waals surface area contributed by atoms with Gasteiger partial charge in [-0.1, -0.05) is 11.6 Å². The second-order valence-corrected chi connectivity index (χ2v) is 7.19. The topological polar surface area (TPSA) is 110 Å². The van der Waals surface area contributed by atoms with Gasteiger partial charge in [0.25, 0.3) is 11.5 Å². The molecule has 0 fully saturated rings. The van der Waals surface area contributed by atoms with Gasteiger partial charge in [0.2, 0.25) is 5.95 Å². The maximum absolute atomic E-state index is 12.9. The van der Waals surface area contributed by atoms with Gasteiger partial charge in [0.15, 0.2) is 18.2 Å². The van der Waals surface area contributed by atoms with Crippen LogP contribution in [0, 0.1) is 0 Å². The molecule has 2 aromatic heterocycles. The second-order valence-electron chi connectivity index (χ2n) is 6.78. The lowest BCUT2D eigenvalue weighted by molar-refractivity contribution is -0.122. The standard InChI is InChI=1S/C20H23ClN6O3/c1-11(2)27-15-6-5-13(25-18-14(21)9-24-20(23-4)26-18)7-12(15)8-16(19(27)29)30-10-17(28)22-3/h5-9,11H,10H2,1-4H3,(H,22,28)(H2,23,24,25,26). The van der Waals surface area contributed by atoms with Gasteiger partial charge in [-0.25, -0.2) is 4.98 Å². The van der Waals surface area contributed by atoms with Crippen LogP contribution < -0.4 is 26.2 Å². The van der Waals surface area contributed by atoms with Crippen LogP contribution in [-0.2, 0) is 4.79 Å². The Morgan fingerprint density at radius 3 is 2.70 bits per heavy atom.